The first-order chi connectivity index (χ1) is 13.0. The van der Waals surface area contributed by atoms with Crippen molar-refractivity contribution in [3.63, 3.8) is 0 Å². The molecule has 0 saturated carbocycles. The van der Waals surface area contributed by atoms with E-state index in [2.05, 4.69) is 34.1 Å². The van der Waals surface area contributed by atoms with Crippen LogP contribution in [-0.4, -0.2) is 33.7 Å². The molecule has 0 bridgehead atoms. The quantitative estimate of drug-likeness (QED) is 0.807. The fourth-order valence-electron chi connectivity index (χ4n) is 3.71. The molecule has 6 nitrogen and oxygen atoms in total. The van der Waals surface area contributed by atoms with Crippen LogP contribution in [0.3, 0.4) is 0 Å². The van der Waals surface area contributed by atoms with Crippen molar-refractivity contribution in [2.45, 2.75) is 65.5 Å². The summed E-state index contributed by atoms with van der Waals surface area (Å²) >= 11 is 0. The highest BCUT2D eigenvalue weighted by molar-refractivity contribution is 5.56. The Morgan fingerprint density at radius 3 is 2.70 bits per heavy atom. The van der Waals surface area contributed by atoms with Gasteiger partial charge in [0.25, 0.3) is 5.56 Å². The van der Waals surface area contributed by atoms with E-state index in [1.54, 1.807) is 13.1 Å². The molecule has 1 fully saturated rings. The second kappa shape index (κ2) is 8.65. The lowest BCUT2D eigenvalue weighted by molar-refractivity contribution is -0.0271. The molecule has 0 amide bonds. The van der Waals surface area contributed by atoms with E-state index < -0.39 is 0 Å². The summed E-state index contributed by atoms with van der Waals surface area (Å²) in [4.78, 5) is 23.8. The van der Waals surface area contributed by atoms with E-state index in [1.165, 1.54) is 0 Å². The van der Waals surface area contributed by atoms with Crippen LogP contribution in [0.2, 0.25) is 0 Å². The first-order valence-corrected chi connectivity index (χ1v) is 9.93. The summed E-state index contributed by atoms with van der Waals surface area (Å²) in [5, 5.41) is 3.54. The van der Waals surface area contributed by atoms with Crippen molar-refractivity contribution in [2.75, 3.05) is 11.9 Å². The molecule has 2 N–H and O–H groups in total. The Balaban J connectivity index is 1.68. The topological polar surface area (TPSA) is 79.9 Å². The SMILES string of the molecule is CCC(CC)C1CC(Nc2ccc(-c3nc(C)c(C)c(=O)[nH]3)cn2)CCO1. The summed E-state index contributed by atoms with van der Waals surface area (Å²) < 4.78 is 6.00. The van der Waals surface area contributed by atoms with Gasteiger partial charge < -0.3 is 15.0 Å². The van der Waals surface area contributed by atoms with E-state index >= 15 is 0 Å². The molecule has 0 aromatic carbocycles. The van der Waals surface area contributed by atoms with Crippen LogP contribution < -0.4 is 10.9 Å². The van der Waals surface area contributed by atoms with Crippen LogP contribution in [-0.2, 0) is 4.74 Å². The molecule has 2 atom stereocenters. The number of anilines is 1. The average Bonchev–Trinajstić information content (AvgIpc) is 2.68. The summed E-state index contributed by atoms with van der Waals surface area (Å²) in [7, 11) is 0. The molecule has 1 saturated heterocycles. The number of aromatic nitrogens is 3. The van der Waals surface area contributed by atoms with E-state index in [-0.39, 0.29) is 5.56 Å². The molecule has 0 radical (unpaired) electrons. The van der Waals surface area contributed by atoms with Gasteiger partial charge in [-0.3, -0.25) is 4.79 Å². The van der Waals surface area contributed by atoms with Crippen molar-refractivity contribution in [1.82, 2.24) is 15.0 Å². The predicted molar refractivity (Wildman–Crippen MR) is 108 cm³/mol. The van der Waals surface area contributed by atoms with E-state index in [4.69, 9.17) is 4.74 Å². The Morgan fingerprint density at radius 2 is 2.07 bits per heavy atom. The van der Waals surface area contributed by atoms with Crippen molar-refractivity contribution < 1.29 is 4.74 Å². The number of hydrogen-bond acceptors (Lipinski definition) is 5. The number of nitrogens with one attached hydrogen (secondary N) is 2. The second-order valence-electron chi connectivity index (χ2n) is 7.41. The number of aromatic amines is 1. The standard InChI is InChI=1S/C21H30N4O2/c1-5-15(6-2)18-11-17(9-10-27-18)24-19-8-7-16(12-22-19)20-23-14(4)13(3)21(26)25-20/h7-8,12,15,17-18H,5-6,9-11H2,1-4H3,(H,22,24)(H,23,25,26). The molecular weight excluding hydrogens is 340 g/mol. The minimum absolute atomic E-state index is 0.102. The van der Waals surface area contributed by atoms with Gasteiger partial charge in [-0.25, -0.2) is 9.97 Å². The smallest absolute Gasteiger partial charge is 0.254 e. The molecular formula is C21H30N4O2. The maximum atomic E-state index is 12.0. The van der Waals surface area contributed by atoms with Gasteiger partial charge >= 0.3 is 0 Å². The lowest BCUT2D eigenvalue weighted by atomic mass is 9.89. The highest BCUT2D eigenvalue weighted by Crippen LogP contribution is 2.27. The molecule has 27 heavy (non-hydrogen) atoms. The third-order valence-corrected chi connectivity index (χ3v) is 5.67. The molecule has 6 heteroatoms. The van der Waals surface area contributed by atoms with Crippen LogP contribution in [0.4, 0.5) is 5.82 Å². The normalized spacial score (nSPS) is 20.0. The van der Waals surface area contributed by atoms with Crippen molar-refractivity contribution in [3.8, 4) is 11.4 Å². The number of hydrogen-bond donors (Lipinski definition) is 2. The van der Waals surface area contributed by atoms with Gasteiger partial charge in [-0.05, 0) is 44.7 Å². The lowest BCUT2D eigenvalue weighted by Gasteiger charge is -2.34. The average molecular weight is 370 g/mol. The molecule has 1 aliphatic heterocycles. The largest absolute Gasteiger partial charge is 0.378 e. The lowest BCUT2D eigenvalue weighted by Crippen LogP contribution is -2.38. The zero-order valence-corrected chi connectivity index (χ0v) is 16.7. The van der Waals surface area contributed by atoms with Gasteiger partial charge in [0.05, 0.1) is 6.10 Å². The third kappa shape index (κ3) is 4.56. The Hall–Kier alpha value is -2.21. The van der Waals surface area contributed by atoms with Crippen LogP contribution >= 0.6 is 0 Å². The molecule has 3 rings (SSSR count). The molecule has 2 aromatic heterocycles. The maximum absolute atomic E-state index is 12.0. The van der Waals surface area contributed by atoms with Crippen LogP contribution in [0.1, 0.15) is 50.8 Å². The monoisotopic (exact) mass is 370 g/mol. The molecule has 0 aliphatic carbocycles. The zero-order valence-electron chi connectivity index (χ0n) is 16.7. The van der Waals surface area contributed by atoms with Gasteiger partial charge in [-0.15, -0.1) is 0 Å². The van der Waals surface area contributed by atoms with E-state index in [9.17, 15) is 4.79 Å². The van der Waals surface area contributed by atoms with Gasteiger partial charge in [-0.1, -0.05) is 26.7 Å². The highest BCUT2D eigenvalue weighted by Gasteiger charge is 2.27. The van der Waals surface area contributed by atoms with Gasteiger partial charge in [0.15, 0.2) is 0 Å². The van der Waals surface area contributed by atoms with Crippen molar-refractivity contribution in [1.29, 1.82) is 0 Å². The highest BCUT2D eigenvalue weighted by atomic mass is 16.5. The predicted octanol–water partition coefficient (Wildman–Crippen LogP) is 3.84. The Kier molecular flexibility index (Phi) is 6.26. The Morgan fingerprint density at radius 1 is 1.30 bits per heavy atom. The van der Waals surface area contributed by atoms with E-state index in [1.807, 2.05) is 19.1 Å². The first kappa shape index (κ1) is 19.5. The molecule has 2 unspecified atom stereocenters. The fraction of sp³-hybridized carbons (Fsp3) is 0.571. The summed E-state index contributed by atoms with van der Waals surface area (Å²) in [5.74, 6) is 2.03. The molecule has 146 valence electrons. The van der Waals surface area contributed by atoms with Crippen molar-refractivity contribution >= 4 is 5.82 Å². The maximum Gasteiger partial charge on any atom is 0.254 e. The third-order valence-electron chi connectivity index (χ3n) is 5.67. The van der Waals surface area contributed by atoms with Crippen molar-refractivity contribution in [2.24, 2.45) is 5.92 Å². The minimum atomic E-state index is -0.102. The molecule has 3 heterocycles. The second-order valence-corrected chi connectivity index (χ2v) is 7.41. The van der Waals surface area contributed by atoms with Crippen molar-refractivity contribution in [3.05, 3.63) is 39.9 Å². The molecule has 2 aromatic rings. The minimum Gasteiger partial charge on any atom is -0.378 e. The number of rotatable bonds is 6. The van der Waals surface area contributed by atoms with E-state index in [0.29, 0.717) is 29.5 Å². The Bertz CT molecular complexity index is 812. The Labute approximate surface area is 160 Å². The van der Waals surface area contributed by atoms with Gasteiger partial charge in [0.2, 0.25) is 0 Å². The summed E-state index contributed by atoms with van der Waals surface area (Å²) in [5.41, 5.74) is 2.10. The van der Waals surface area contributed by atoms with Gasteiger partial charge in [-0.2, -0.15) is 0 Å². The van der Waals surface area contributed by atoms with Gasteiger partial charge in [0, 0.05) is 35.7 Å². The number of aryl methyl sites for hydroxylation is 1. The first-order valence-electron chi connectivity index (χ1n) is 9.93. The van der Waals surface area contributed by atoms with Crippen LogP contribution in [0.5, 0.6) is 0 Å². The molecule has 1 aliphatic rings. The van der Waals surface area contributed by atoms with Crippen LogP contribution in [0.25, 0.3) is 11.4 Å². The summed E-state index contributed by atoms with van der Waals surface area (Å²) in [6.07, 6.45) is 6.40. The summed E-state index contributed by atoms with van der Waals surface area (Å²) in [6, 6.07) is 4.27. The zero-order chi connectivity index (χ0) is 19.4. The number of H-pyrrole nitrogens is 1. The number of ether oxygens (including phenoxy) is 1. The number of pyridine rings is 1. The van der Waals surface area contributed by atoms with Crippen LogP contribution in [0.15, 0.2) is 23.1 Å². The van der Waals surface area contributed by atoms with Gasteiger partial charge in [0.1, 0.15) is 11.6 Å². The summed E-state index contributed by atoms with van der Waals surface area (Å²) in [6.45, 7) is 8.89. The van der Waals surface area contributed by atoms with E-state index in [0.717, 1.165) is 49.4 Å². The molecule has 0 spiro atoms. The number of nitrogens with zero attached hydrogens (tertiary/aromatic N) is 2. The fourth-order valence-corrected chi connectivity index (χ4v) is 3.71. The van der Waals surface area contributed by atoms with Crippen LogP contribution in [0, 0.1) is 19.8 Å².